The van der Waals surface area contributed by atoms with Crippen molar-refractivity contribution in [3.8, 4) is 11.3 Å². The molecule has 0 saturated carbocycles. The summed E-state index contributed by atoms with van der Waals surface area (Å²) in [6.45, 7) is 3.22. The Morgan fingerprint density at radius 3 is 2.72 bits per heavy atom. The van der Waals surface area contributed by atoms with Gasteiger partial charge in [-0.1, -0.05) is 35.3 Å². The largest absolute Gasteiger partial charge is 0.354 e. The molecule has 1 saturated heterocycles. The van der Waals surface area contributed by atoms with Crippen molar-refractivity contribution >= 4 is 46.1 Å². The molecule has 9 nitrogen and oxygen atoms in total. The molecule has 29 heavy (non-hydrogen) atoms. The lowest BCUT2D eigenvalue weighted by Gasteiger charge is -2.37. The zero-order chi connectivity index (χ0) is 20.8. The Hall–Kier alpha value is -2.46. The molecule has 1 amide bonds. The predicted molar refractivity (Wildman–Crippen MR) is 110 cm³/mol. The minimum Gasteiger partial charge on any atom is -0.354 e. The summed E-state index contributed by atoms with van der Waals surface area (Å²) in [7, 11) is 0. The average Bonchev–Trinajstić information content (AvgIpc) is 3.11. The maximum atomic E-state index is 12.3. The third-order valence-electron chi connectivity index (χ3n) is 5.10. The van der Waals surface area contributed by atoms with Crippen molar-refractivity contribution in [1.82, 2.24) is 25.6 Å². The van der Waals surface area contributed by atoms with E-state index in [1.807, 2.05) is 11.8 Å². The number of aromatic nitrogens is 4. The Balaban J connectivity index is 1.85. The maximum Gasteiger partial charge on any atom is 0.297 e. The molecule has 1 aromatic carbocycles. The van der Waals surface area contributed by atoms with Crippen LogP contribution in [-0.4, -0.2) is 49.9 Å². The Morgan fingerprint density at radius 1 is 1.31 bits per heavy atom. The van der Waals surface area contributed by atoms with Crippen molar-refractivity contribution in [2.24, 2.45) is 5.73 Å². The summed E-state index contributed by atoms with van der Waals surface area (Å²) in [6.07, 6.45) is 1.47. The Bertz CT molecular complexity index is 1090. The van der Waals surface area contributed by atoms with E-state index in [0.29, 0.717) is 51.4 Å². The molecule has 4 rings (SSSR count). The Labute approximate surface area is 176 Å². The van der Waals surface area contributed by atoms with Gasteiger partial charge in [0.15, 0.2) is 17.2 Å². The van der Waals surface area contributed by atoms with E-state index < -0.39 is 5.91 Å². The van der Waals surface area contributed by atoms with E-state index in [1.165, 1.54) is 0 Å². The number of rotatable bonds is 3. The fourth-order valence-corrected chi connectivity index (χ4v) is 3.75. The van der Waals surface area contributed by atoms with Crippen LogP contribution >= 0.6 is 23.2 Å². The number of aromatic amines is 1. The van der Waals surface area contributed by atoms with Crippen LogP contribution in [-0.2, 0) is 0 Å². The molecule has 11 heteroatoms. The van der Waals surface area contributed by atoms with E-state index in [-0.39, 0.29) is 11.2 Å². The highest BCUT2D eigenvalue weighted by molar-refractivity contribution is 6.43. The van der Waals surface area contributed by atoms with Crippen molar-refractivity contribution < 1.29 is 10.0 Å². The van der Waals surface area contributed by atoms with Crippen molar-refractivity contribution in [1.29, 1.82) is 0 Å². The van der Waals surface area contributed by atoms with E-state index in [1.54, 1.807) is 23.7 Å². The molecule has 3 heterocycles. The van der Waals surface area contributed by atoms with Crippen LogP contribution in [0.25, 0.3) is 22.4 Å². The zero-order valence-electron chi connectivity index (χ0n) is 15.5. The Kier molecular flexibility index (Phi) is 5.07. The number of piperidine rings is 1. The van der Waals surface area contributed by atoms with Gasteiger partial charge in [0.2, 0.25) is 0 Å². The van der Waals surface area contributed by atoms with Crippen LogP contribution in [0.1, 0.15) is 30.3 Å². The summed E-state index contributed by atoms with van der Waals surface area (Å²) in [4.78, 5) is 23.3. The summed E-state index contributed by atoms with van der Waals surface area (Å²) in [6, 6.07) is 5.15. The number of hydrogen-bond donors (Lipinski definition) is 4. The molecule has 3 aromatic rings. The number of H-pyrrole nitrogens is 1. The number of nitrogens with one attached hydrogen (secondary N) is 2. The number of nitrogens with zero attached hydrogens (tertiary/aromatic N) is 4. The van der Waals surface area contributed by atoms with Crippen LogP contribution in [0.15, 0.2) is 18.2 Å². The molecule has 1 fully saturated rings. The highest BCUT2D eigenvalue weighted by Crippen LogP contribution is 2.36. The number of carbonyl (C=O) groups excluding carboxylic acids is 1. The number of nitrogens with two attached hydrogens (primary N) is 1. The molecule has 0 spiro atoms. The smallest absolute Gasteiger partial charge is 0.297 e. The SMILES string of the molecule is CC1(N)CCN(c2nc3[nH]nc(-c4cccc(Cl)c4Cl)c3nc2C(=O)NO)CC1. The van der Waals surface area contributed by atoms with Crippen LogP contribution in [0.2, 0.25) is 10.0 Å². The van der Waals surface area contributed by atoms with Gasteiger partial charge in [-0.25, -0.2) is 15.4 Å². The third kappa shape index (κ3) is 3.62. The number of benzene rings is 1. The van der Waals surface area contributed by atoms with Crippen molar-refractivity contribution in [2.75, 3.05) is 18.0 Å². The molecule has 0 aliphatic carbocycles. The number of fused-ring (bicyclic) bond motifs is 1. The van der Waals surface area contributed by atoms with Gasteiger partial charge in [-0.3, -0.25) is 15.1 Å². The van der Waals surface area contributed by atoms with Crippen molar-refractivity contribution in [2.45, 2.75) is 25.3 Å². The first-order valence-corrected chi connectivity index (χ1v) is 9.75. The van der Waals surface area contributed by atoms with Crippen LogP contribution in [0, 0.1) is 0 Å². The zero-order valence-corrected chi connectivity index (χ0v) is 17.0. The summed E-state index contributed by atoms with van der Waals surface area (Å²) in [5, 5.41) is 17.0. The topological polar surface area (TPSA) is 133 Å². The Morgan fingerprint density at radius 2 is 2.03 bits per heavy atom. The van der Waals surface area contributed by atoms with Crippen molar-refractivity contribution in [3.05, 3.63) is 33.9 Å². The molecule has 1 aliphatic rings. The van der Waals surface area contributed by atoms with Crippen LogP contribution < -0.4 is 16.1 Å². The lowest BCUT2D eigenvalue weighted by Crippen LogP contribution is -2.49. The number of hydroxylamine groups is 1. The van der Waals surface area contributed by atoms with E-state index in [0.717, 1.165) is 12.8 Å². The number of anilines is 1. The molecular weight excluding hydrogens is 417 g/mol. The first-order chi connectivity index (χ1) is 13.8. The number of hydrogen-bond acceptors (Lipinski definition) is 7. The van der Waals surface area contributed by atoms with Gasteiger partial charge in [0.05, 0.1) is 10.0 Å². The molecule has 0 unspecified atom stereocenters. The molecule has 1 aliphatic heterocycles. The molecular formula is C18H19Cl2N7O2. The molecule has 5 N–H and O–H groups in total. The van der Waals surface area contributed by atoms with Gasteiger partial charge < -0.3 is 10.6 Å². The van der Waals surface area contributed by atoms with Gasteiger partial charge in [0.25, 0.3) is 5.91 Å². The minimum atomic E-state index is -0.764. The van der Waals surface area contributed by atoms with E-state index in [4.69, 9.17) is 28.9 Å². The maximum absolute atomic E-state index is 12.3. The van der Waals surface area contributed by atoms with Crippen LogP contribution in [0.4, 0.5) is 5.82 Å². The van der Waals surface area contributed by atoms with Gasteiger partial charge in [0.1, 0.15) is 11.2 Å². The second-order valence-electron chi connectivity index (χ2n) is 7.35. The summed E-state index contributed by atoms with van der Waals surface area (Å²) in [5.74, 6) is -0.410. The number of carbonyl (C=O) groups is 1. The van der Waals surface area contributed by atoms with E-state index in [2.05, 4.69) is 20.2 Å². The van der Waals surface area contributed by atoms with Gasteiger partial charge >= 0.3 is 0 Å². The lowest BCUT2D eigenvalue weighted by atomic mass is 9.91. The fraction of sp³-hybridized carbons (Fsp3) is 0.333. The minimum absolute atomic E-state index is 0.0126. The molecule has 2 aromatic heterocycles. The second kappa shape index (κ2) is 7.42. The van der Waals surface area contributed by atoms with Gasteiger partial charge in [-0.2, -0.15) is 5.10 Å². The van der Waals surface area contributed by atoms with E-state index in [9.17, 15) is 10.0 Å². The number of amides is 1. The van der Waals surface area contributed by atoms with Crippen LogP contribution in [0.5, 0.6) is 0 Å². The standard InChI is InChI=1S/C18H19Cl2N7O2/c1-18(21)5-7-27(8-6-18)16-14(17(28)26-29)22-13-12(24-25-15(13)23-16)9-3-2-4-10(19)11(9)20/h2-4,29H,5-8,21H2,1H3,(H,26,28)(H,23,24,25). The summed E-state index contributed by atoms with van der Waals surface area (Å²) >= 11 is 12.4. The number of halogens is 2. The van der Waals surface area contributed by atoms with Crippen LogP contribution in [0.3, 0.4) is 0 Å². The van der Waals surface area contributed by atoms with Crippen molar-refractivity contribution in [3.63, 3.8) is 0 Å². The normalized spacial score (nSPS) is 16.2. The highest BCUT2D eigenvalue weighted by atomic mass is 35.5. The van der Waals surface area contributed by atoms with Gasteiger partial charge in [0, 0.05) is 24.2 Å². The second-order valence-corrected chi connectivity index (χ2v) is 8.13. The quantitative estimate of drug-likeness (QED) is 0.367. The fourth-order valence-electron chi connectivity index (χ4n) is 3.36. The lowest BCUT2D eigenvalue weighted by molar-refractivity contribution is 0.0701. The summed E-state index contributed by atoms with van der Waals surface area (Å²) < 4.78 is 0. The first kappa shape index (κ1) is 19.8. The van der Waals surface area contributed by atoms with Gasteiger partial charge in [-0.05, 0) is 25.8 Å². The monoisotopic (exact) mass is 435 g/mol. The van der Waals surface area contributed by atoms with Gasteiger partial charge in [-0.15, -0.1) is 0 Å². The summed E-state index contributed by atoms with van der Waals surface area (Å²) in [5.41, 5.74) is 9.27. The third-order valence-corrected chi connectivity index (χ3v) is 5.92. The molecule has 0 atom stereocenters. The molecule has 152 valence electrons. The molecule has 0 radical (unpaired) electrons. The van der Waals surface area contributed by atoms with E-state index >= 15 is 0 Å². The molecule has 0 bridgehead atoms. The first-order valence-electron chi connectivity index (χ1n) is 8.99. The average molecular weight is 436 g/mol. The predicted octanol–water partition coefficient (Wildman–Crippen LogP) is 2.76. The highest BCUT2D eigenvalue weighted by Gasteiger charge is 2.30.